The molecule has 21 heavy (non-hydrogen) atoms. The zero-order chi connectivity index (χ0) is 15.0. The van der Waals surface area contributed by atoms with Crippen LogP contribution in [-0.4, -0.2) is 29.9 Å². The standard InChI is InChI=1S/C11H6F4N6/c12-5-6(8-16-1-2-17-8)20-10(9-18-3-4-19-9)21-7(5)11(13,14)15/h1-4H,(H,16,17)(H,18,19). The number of aromatic nitrogens is 6. The summed E-state index contributed by atoms with van der Waals surface area (Å²) in [6.07, 6.45) is 0.368. The van der Waals surface area contributed by atoms with Gasteiger partial charge in [0, 0.05) is 24.8 Å². The van der Waals surface area contributed by atoms with Crippen LogP contribution in [0.4, 0.5) is 17.6 Å². The molecule has 10 heteroatoms. The molecule has 0 aliphatic heterocycles. The van der Waals surface area contributed by atoms with Gasteiger partial charge in [0.2, 0.25) is 0 Å². The fourth-order valence-electron chi connectivity index (χ4n) is 1.68. The molecule has 0 atom stereocenters. The van der Waals surface area contributed by atoms with E-state index in [1.807, 2.05) is 0 Å². The fourth-order valence-corrected chi connectivity index (χ4v) is 1.68. The Morgan fingerprint density at radius 1 is 0.905 bits per heavy atom. The molecule has 0 bridgehead atoms. The van der Waals surface area contributed by atoms with Gasteiger partial charge in [0.1, 0.15) is 5.69 Å². The lowest BCUT2D eigenvalue weighted by atomic mass is 10.2. The molecule has 3 heterocycles. The molecule has 3 rings (SSSR count). The average Bonchev–Trinajstić information content (AvgIpc) is 3.11. The van der Waals surface area contributed by atoms with E-state index >= 15 is 0 Å². The maximum Gasteiger partial charge on any atom is 0.436 e. The zero-order valence-corrected chi connectivity index (χ0v) is 10.1. The van der Waals surface area contributed by atoms with Crippen LogP contribution in [0.1, 0.15) is 5.69 Å². The molecular formula is C11H6F4N6. The van der Waals surface area contributed by atoms with Crippen molar-refractivity contribution in [1.82, 2.24) is 29.9 Å². The van der Waals surface area contributed by atoms with E-state index in [9.17, 15) is 17.6 Å². The van der Waals surface area contributed by atoms with Crippen molar-refractivity contribution < 1.29 is 17.6 Å². The Labute approximate surface area is 114 Å². The third kappa shape index (κ3) is 2.35. The van der Waals surface area contributed by atoms with Crippen molar-refractivity contribution in [3.63, 3.8) is 0 Å². The third-order valence-electron chi connectivity index (χ3n) is 2.55. The van der Waals surface area contributed by atoms with Crippen molar-refractivity contribution in [3.05, 3.63) is 36.3 Å². The Hall–Kier alpha value is -2.78. The monoisotopic (exact) mass is 298 g/mol. The molecule has 0 aliphatic carbocycles. The number of nitrogens with zero attached hydrogens (tertiary/aromatic N) is 4. The van der Waals surface area contributed by atoms with Gasteiger partial charge < -0.3 is 9.97 Å². The van der Waals surface area contributed by atoms with E-state index in [0.717, 1.165) is 0 Å². The van der Waals surface area contributed by atoms with Crippen LogP contribution in [0.5, 0.6) is 0 Å². The van der Waals surface area contributed by atoms with E-state index in [4.69, 9.17) is 0 Å². The highest BCUT2D eigenvalue weighted by Gasteiger charge is 2.39. The first-order valence-electron chi connectivity index (χ1n) is 5.61. The highest BCUT2D eigenvalue weighted by Crippen LogP contribution is 2.33. The summed E-state index contributed by atoms with van der Waals surface area (Å²) < 4.78 is 52.7. The summed E-state index contributed by atoms with van der Waals surface area (Å²) in [6, 6.07) is 0. The molecule has 108 valence electrons. The van der Waals surface area contributed by atoms with Gasteiger partial charge in [-0.2, -0.15) is 13.2 Å². The first kappa shape index (κ1) is 13.2. The number of hydrogen-bond donors (Lipinski definition) is 2. The van der Waals surface area contributed by atoms with Crippen molar-refractivity contribution >= 4 is 0 Å². The lowest BCUT2D eigenvalue weighted by Gasteiger charge is -2.10. The Balaban J connectivity index is 2.27. The predicted molar refractivity (Wildman–Crippen MR) is 62.2 cm³/mol. The number of hydrogen-bond acceptors (Lipinski definition) is 4. The van der Waals surface area contributed by atoms with E-state index in [1.165, 1.54) is 24.8 Å². The minimum atomic E-state index is -4.96. The number of imidazole rings is 2. The number of rotatable bonds is 2. The molecule has 0 unspecified atom stereocenters. The summed E-state index contributed by atoms with van der Waals surface area (Å²) in [6.45, 7) is 0. The molecule has 0 spiro atoms. The number of halogens is 4. The van der Waals surface area contributed by atoms with E-state index in [-0.39, 0.29) is 17.5 Å². The first-order chi connectivity index (χ1) is 9.97. The molecule has 0 amide bonds. The summed E-state index contributed by atoms with van der Waals surface area (Å²) >= 11 is 0. The van der Waals surface area contributed by atoms with Crippen molar-refractivity contribution in [2.45, 2.75) is 6.18 Å². The zero-order valence-electron chi connectivity index (χ0n) is 10.1. The van der Waals surface area contributed by atoms with Crippen LogP contribution in [0.2, 0.25) is 0 Å². The number of alkyl halides is 3. The second-order valence-corrected chi connectivity index (χ2v) is 3.93. The Morgan fingerprint density at radius 3 is 2.05 bits per heavy atom. The van der Waals surface area contributed by atoms with Crippen molar-refractivity contribution in [2.75, 3.05) is 0 Å². The van der Waals surface area contributed by atoms with Crippen LogP contribution in [0.25, 0.3) is 23.2 Å². The highest BCUT2D eigenvalue weighted by molar-refractivity contribution is 5.56. The van der Waals surface area contributed by atoms with E-state index in [2.05, 4.69) is 29.9 Å². The lowest BCUT2D eigenvalue weighted by Crippen LogP contribution is -2.15. The van der Waals surface area contributed by atoms with Crippen LogP contribution in [0.3, 0.4) is 0 Å². The topological polar surface area (TPSA) is 83.1 Å². The molecule has 2 N–H and O–H groups in total. The lowest BCUT2D eigenvalue weighted by molar-refractivity contribution is -0.143. The minimum absolute atomic E-state index is 0.00620. The van der Waals surface area contributed by atoms with Crippen molar-refractivity contribution in [1.29, 1.82) is 0 Å². The van der Waals surface area contributed by atoms with Gasteiger partial charge in [-0.05, 0) is 0 Å². The smallest absolute Gasteiger partial charge is 0.343 e. The molecule has 0 radical (unpaired) electrons. The van der Waals surface area contributed by atoms with Gasteiger partial charge in [0.15, 0.2) is 29.0 Å². The second-order valence-electron chi connectivity index (χ2n) is 3.93. The van der Waals surface area contributed by atoms with Gasteiger partial charge >= 0.3 is 6.18 Å². The molecule has 0 aliphatic rings. The van der Waals surface area contributed by atoms with Gasteiger partial charge in [0.05, 0.1) is 0 Å². The quantitative estimate of drug-likeness (QED) is 0.712. The minimum Gasteiger partial charge on any atom is -0.343 e. The van der Waals surface area contributed by atoms with Crippen LogP contribution < -0.4 is 0 Å². The maximum atomic E-state index is 14.0. The Kier molecular flexibility index (Phi) is 2.92. The number of nitrogens with one attached hydrogen (secondary N) is 2. The van der Waals surface area contributed by atoms with Crippen molar-refractivity contribution in [2.24, 2.45) is 0 Å². The maximum absolute atomic E-state index is 14.0. The summed E-state index contributed by atoms with van der Waals surface area (Å²) in [5, 5.41) is 0. The molecule has 3 aromatic heterocycles. The van der Waals surface area contributed by atoms with Crippen LogP contribution in [0, 0.1) is 5.82 Å². The molecule has 3 aromatic rings. The molecule has 6 nitrogen and oxygen atoms in total. The Morgan fingerprint density at radius 2 is 1.52 bits per heavy atom. The summed E-state index contributed by atoms with van der Waals surface area (Å²) in [7, 11) is 0. The number of H-pyrrole nitrogens is 2. The molecule has 0 saturated carbocycles. The van der Waals surface area contributed by atoms with E-state index in [1.54, 1.807) is 0 Å². The molecule has 0 aromatic carbocycles. The van der Waals surface area contributed by atoms with Crippen LogP contribution in [-0.2, 0) is 6.18 Å². The normalized spacial score (nSPS) is 11.8. The average molecular weight is 298 g/mol. The van der Waals surface area contributed by atoms with Gasteiger partial charge in [-0.3, -0.25) is 0 Å². The van der Waals surface area contributed by atoms with Gasteiger partial charge in [-0.15, -0.1) is 0 Å². The van der Waals surface area contributed by atoms with Gasteiger partial charge in [0.25, 0.3) is 0 Å². The van der Waals surface area contributed by atoms with Crippen LogP contribution >= 0.6 is 0 Å². The first-order valence-corrected chi connectivity index (χ1v) is 5.61. The second kappa shape index (κ2) is 4.65. The molecule has 0 saturated heterocycles. The van der Waals surface area contributed by atoms with E-state index < -0.39 is 23.4 Å². The van der Waals surface area contributed by atoms with Gasteiger partial charge in [-0.1, -0.05) is 0 Å². The summed E-state index contributed by atoms with van der Waals surface area (Å²) in [5.41, 5.74) is -2.25. The SMILES string of the molecule is Fc1c(-c2ncc[nH]2)nc(-c2ncc[nH]2)nc1C(F)(F)F. The van der Waals surface area contributed by atoms with E-state index in [0.29, 0.717) is 0 Å². The van der Waals surface area contributed by atoms with Gasteiger partial charge in [-0.25, -0.2) is 24.3 Å². The predicted octanol–water partition coefficient (Wildman–Crippen LogP) is 2.41. The fraction of sp³-hybridized carbons (Fsp3) is 0.0909. The third-order valence-corrected chi connectivity index (χ3v) is 2.55. The number of aromatic amines is 2. The van der Waals surface area contributed by atoms with Crippen molar-refractivity contribution in [3.8, 4) is 23.2 Å². The van der Waals surface area contributed by atoms with Crippen LogP contribution in [0.15, 0.2) is 24.8 Å². The summed E-state index contributed by atoms with van der Waals surface area (Å²) in [5.74, 6) is -2.10. The summed E-state index contributed by atoms with van der Waals surface area (Å²) in [4.78, 5) is 19.5. The Bertz CT molecular complexity index is 748. The molecular weight excluding hydrogens is 292 g/mol. The highest BCUT2D eigenvalue weighted by atomic mass is 19.4. The molecule has 0 fully saturated rings. The largest absolute Gasteiger partial charge is 0.436 e.